The van der Waals surface area contributed by atoms with Crippen molar-refractivity contribution in [3.63, 3.8) is 0 Å². The number of nitrogens with zero attached hydrogens (tertiary/aromatic N) is 6. The van der Waals surface area contributed by atoms with Crippen molar-refractivity contribution in [2.45, 2.75) is 38.9 Å². The summed E-state index contributed by atoms with van der Waals surface area (Å²) in [6, 6.07) is 15.2. The molecule has 0 N–H and O–H groups in total. The predicted octanol–water partition coefficient (Wildman–Crippen LogP) is 4.22. The summed E-state index contributed by atoms with van der Waals surface area (Å²) in [5.74, 6) is -0.154. The lowest BCUT2D eigenvalue weighted by Crippen LogP contribution is -2.48. The van der Waals surface area contributed by atoms with Gasteiger partial charge >= 0.3 is 5.82 Å². The van der Waals surface area contributed by atoms with E-state index in [-0.39, 0.29) is 17.3 Å². The SMILES string of the molecule is Cc1cc(CN(Cc2cn(C)c3ccccc3c2=O)C2CCCN(c3ccc([N+](=O)[O-])nc3)C2)ccn1. The summed E-state index contributed by atoms with van der Waals surface area (Å²) in [5, 5.41) is 11.8. The Balaban J connectivity index is 1.46. The van der Waals surface area contributed by atoms with Crippen molar-refractivity contribution in [1.29, 1.82) is 0 Å². The zero-order valence-corrected chi connectivity index (χ0v) is 21.1. The Hall–Kier alpha value is -4.11. The second kappa shape index (κ2) is 10.5. The van der Waals surface area contributed by atoms with Crippen LogP contribution in [-0.4, -0.2) is 43.5 Å². The van der Waals surface area contributed by atoms with E-state index in [1.54, 1.807) is 12.3 Å². The summed E-state index contributed by atoms with van der Waals surface area (Å²) >= 11 is 0. The average Bonchev–Trinajstić information content (AvgIpc) is 2.91. The van der Waals surface area contributed by atoms with Crippen LogP contribution in [0, 0.1) is 17.0 Å². The number of aryl methyl sites for hydroxylation is 2. The third-order valence-corrected chi connectivity index (χ3v) is 7.09. The minimum absolute atomic E-state index is 0.0665. The zero-order chi connectivity index (χ0) is 25.9. The van der Waals surface area contributed by atoms with Crippen molar-refractivity contribution >= 4 is 22.4 Å². The monoisotopic (exact) mass is 498 g/mol. The van der Waals surface area contributed by atoms with Crippen molar-refractivity contribution in [2.75, 3.05) is 18.0 Å². The van der Waals surface area contributed by atoms with Crippen LogP contribution >= 0.6 is 0 Å². The molecule has 1 aromatic carbocycles. The molecule has 1 fully saturated rings. The van der Waals surface area contributed by atoms with Gasteiger partial charge in [0.25, 0.3) is 0 Å². The van der Waals surface area contributed by atoms with Crippen LogP contribution in [0.2, 0.25) is 0 Å². The van der Waals surface area contributed by atoms with E-state index in [0.29, 0.717) is 13.1 Å². The summed E-state index contributed by atoms with van der Waals surface area (Å²) in [4.78, 5) is 37.0. The summed E-state index contributed by atoms with van der Waals surface area (Å²) in [7, 11) is 1.98. The molecule has 1 saturated heterocycles. The first-order valence-electron chi connectivity index (χ1n) is 12.5. The standard InChI is InChI=1S/C28H30N6O3/c1-20-14-21(11-12-29-20)16-33(18-22-17-31(2)26-8-4-3-7-25(26)28(22)35)24-6-5-13-32(19-24)23-9-10-27(30-15-23)34(36)37/h3-4,7-12,14-15,17,24H,5-6,13,16,18-19H2,1-2H3. The van der Waals surface area contributed by atoms with Crippen LogP contribution in [0.3, 0.4) is 0 Å². The summed E-state index contributed by atoms with van der Waals surface area (Å²) in [6.45, 7) is 4.80. The summed E-state index contributed by atoms with van der Waals surface area (Å²) in [6.07, 6.45) is 7.33. The maximum atomic E-state index is 13.5. The number of rotatable bonds is 7. The Morgan fingerprint density at radius 1 is 1.14 bits per heavy atom. The zero-order valence-electron chi connectivity index (χ0n) is 21.1. The number of piperidine rings is 1. The topological polar surface area (TPSA) is 97.4 Å². The van der Waals surface area contributed by atoms with E-state index in [9.17, 15) is 14.9 Å². The van der Waals surface area contributed by atoms with E-state index >= 15 is 0 Å². The molecule has 0 saturated carbocycles. The molecule has 1 atom stereocenters. The van der Waals surface area contributed by atoms with E-state index in [1.165, 1.54) is 6.07 Å². The smallest absolute Gasteiger partial charge is 0.363 e. The highest BCUT2D eigenvalue weighted by Crippen LogP contribution is 2.26. The molecule has 190 valence electrons. The highest BCUT2D eigenvalue weighted by molar-refractivity contribution is 5.79. The maximum absolute atomic E-state index is 13.5. The third-order valence-electron chi connectivity index (χ3n) is 7.09. The van der Waals surface area contributed by atoms with Gasteiger partial charge < -0.3 is 19.6 Å². The van der Waals surface area contributed by atoms with Gasteiger partial charge in [0.15, 0.2) is 11.6 Å². The Labute approximate surface area is 215 Å². The number of benzene rings is 1. The molecule has 9 heteroatoms. The minimum atomic E-state index is -0.481. The number of hydrogen-bond acceptors (Lipinski definition) is 7. The Kier molecular flexibility index (Phi) is 6.96. The van der Waals surface area contributed by atoms with E-state index in [1.807, 2.05) is 61.3 Å². The number of anilines is 1. The van der Waals surface area contributed by atoms with Gasteiger partial charge in [0.2, 0.25) is 0 Å². The van der Waals surface area contributed by atoms with Gasteiger partial charge in [0.05, 0.1) is 11.2 Å². The van der Waals surface area contributed by atoms with Gasteiger partial charge in [-0.25, -0.2) is 0 Å². The molecule has 1 aliphatic heterocycles. The van der Waals surface area contributed by atoms with Crippen molar-refractivity contribution in [1.82, 2.24) is 19.4 Å². The third kappa shape index (κ3) is 5.36. The number of para-hydroxylation sites is 1. The van der Waals surface area contributed by atoms with Gasteiger partial charge in [0.1, 0.15) is 0 Å². The number of pyridine rings is 3. The van der Waals surface area contributed by atoms with Crippen LogP contribution in [0.5, 0.6) is 0 Å². The maximum Gasteiger partial charge on any atom is 0.363 e. The van der Waals surface area contributed by atoms with Gasteiger partial charge in [0, 0.05) is 74.4 Å². The molecule has 1 aliphatic rings. The molecule has 5 rings (SSSR count). The molecular formula is C28H30N6O3. The van der Waals surface area contributed by atoms with E-state index in [0.717, 1.165) is 59.3 Å². The molecule has 9 nitrogen and oxygen atoms in total. The summed E-state index contributed by atoms with van der Waals surface area (Å²) in [5.41, 5.74) is 4.73. The molecule has 0 aliphatic carbocycles. The number of fused-ring (bicyclic) bond motifs is 1. The Morgan fingerprint density at radius 3 is 2.73 bits per heavy atom. The average molecular weight is 499 g/mol. The van der Waals surface area contributed by atoms with E-state index in [4.69, 9.17) is 0 Å². The largest absolute Gasteiger partial charge is 0.367 e. The molecule has 4 heterocycles. The molecule has 37 heavy (non-hydrogen) atoms. The minimum Gasteiger partial charge on any atom is -0.367 e. The van der Waals surface area contributed by atoms with Crippen LogP contribution in [0.4, 0.5) is 11.5 Å². The van der Waals surface area contributed by atoms with Crippen LogP contribution in [-0.2, 0) is 20.1 Å². The first-order valence-corrected chi connectivity index (χ1v) is 12.5. The van der Waals surface area contributed by atoms with Crippen molar-refractivity contribution < 1.29 is 4.92 Å². The first-order chi connectivity index (χ1) is 17.9. The van der Waals surface area contributed by atoms with Crippen LogP contribution in [0.25, 0.3) is 10.9 Å². The van der Waals surface area contributed by atoms with Crippen molar-refractivity contribution in [2.24, 2.45) is 7.05 Å². The van der Waals surface area contributed by atoms with Gasteiger partial charge in [-0.1, -0.05) is 12.1 Å². The van der Waals surface area contributed by atoms with E-state index in [2.05, 4.69) is 25.8 Å². The first kappa shape index (κ1) is 24.6. The fourth-order valence-electron chi connectivity index (χ4n) is 5.25. The molecule has 0 amide bonds. The Morgan fingerprint density at radius 2 is 1.97 bits per heavy atom. The fourth-order valence-corrected chi connectivity index (χ4v) is 5.25. The van der Waals surface area contributed by atoms with E-state index < -0.39 is 4.92 Å². The highest BCUT2D eigenvalue weighted by atomic mass is 16.6. The quantitative estimate of drug-likeness (QED) is 0.278. The fraction of sp³-hybridized carbons (Fsp3) is 0.321. The lowest BCUT2D eigenvalue weighted by molar-refractivity contribution is -0.389. The molecule has 0 bridgehead atoms. The molecule has 3 aromatic heterocycles. The number of nitro groups is 1. The second-order valence-electron chi connectivity index (χ2n) is 9.70. The summed E-state index contributed by atoms with van der Waals surface area (Å²) < 4.78 is 2.02. The lowest BCUT2D eigenvalue weighted by Gasteiger charge is -2.40. The van der Waals surface area contributed by atoms with Crippen molar-refractivity contribution in [3.05, 3.63) is 104 Å². The Bertz CT molecular complexity index is 1480. The lowest BCUT2D eigenvalue weighted by atomic mass is 10.0. The molecule has 0 spiro atoms. The highest BCUT2D eigenvalue weighted by Gasteiger charge is 2.27. The van der Waals surface area contributed by atoms with Gasteiger partial charge in [-0.2, -0.15) is 0 Å². The van der Waals surface area contributed by atoms with Crippen LogP contribution < -0.4 is 10.3 Å². The number of aromatic nitrogens is 3. The predicted molar refractivity (Wildman–Crippen MR) is 144 cm³/mol. The molecule has 1 unspecified atom stereocenters. The van der Waals surface area contributed by atoms with Gasteiger partial charge in [-0.15, -0.1) is 0 Å². The second-order valence-corrected chi connectivity index (χ2v) is 9.70. The van der Waals surface area contributed by atoms with Crippen molar-refractivity contribution in [3.8, 4) is 0 Å². The van der Waals surface area contributed by atoms with Crippen LogP contribution in [0.15, 0.2) is 71.9 Å². The normalized spacial score (nSPS) is 15.9. The molecule has 4 aromatic rings. The molecule has 0 radical (unpaired) electrons. The van der Waals surface area contributed by atoms with Gasteiger partial charge in [-0.3, -0.25) is 14.7 Å². The molecular weight excluding hydrogens is 468 g/mol. The van der Waals surface area contributed by atoms with Crippen LogP contribution in [0.1, 0.15) is 29.7 Å². The van der Waals surface area contributed by atoms with Gasteiger partial charge in [-0.05, 0) is 65.6 Å². The number of hydrogen-bond donors (Lipinski definition) is 0.